The Labute approximate surface area is 54.5 Å². The monoisotopic (exact) mass is 131 g/mol. The lowest BCUT2D eigenvalue weighted by molar-refractivity contribution is 0.671. The standard InChI is InChI=1S/C6H10ClN/c7-5-2-1-3-6(8)4-5/h5,8H,1-4H2. The molecule has 0 radical (unpaired) electrons. The van der Waals surface area contributed by atoms with Crippen molar-refractivity contribution in [2.75, 3.05) is 0 Å². The average molecular weight is 132 g/mol. The number of halogens is 1. The number of hydrogen-bond acceptors (Lipinski definition) is 1. The molecule has 46 valence electrons. The van der Waals surface area contributed by atoms with Crippen molar-refractivity contribution < 1.29 is 0 Å². The molecule has 0 spiro atoms. The highest BCUT2D eigenvalue weighted by atomic mass is 35.5. The lowest BCUT2D eigenvalue weighted by Crippen LogP contribution is -2.13. The fourth-order valence-electron chi connectivity index (χ4n) is 1.01. The van der Waals surface area contributed by atoms with Crippen LogP contribution in [0.15, 0.2) is 0 Å². The van der Waals surface area contributed by atoms with Crippen molar-refractivity contribution >= 4 is 17.3 Å². The van der Waals surface area contributed by atoms with E-state index >= 15 is 0 Å². The molecule has 1 fully saturated rings. The van der Waals surface area contributed by atoms with Crippen LogP contribution in [0.2, 0.25) is 0 Å². The minimum absolute atomic E-state index is 0.260. The van der Waals surface area contributed by atoms with Gasteiger partial charge in [0.1, 0.15) is 0 Å². The Hall–Kier alpha value is -0.0400. The van der Waals surface area contributed by atoms with E-state index in [0.717, 1.165) is 31.4 Å². The van der Waals surface area contributed by atoms with Crippen LogP contribution < -0.4 is 0 Å². The van der Waals surface area contributed by atoms with E-state index in [4.69, 9.17) is 17.0 Å². The van der Waals surface area contributed by atoms with Gasteiger partial charge in [0, 0.05) is 17.5 Å². The molecule has 1 aliphatic carbocycles. The Bertz CT molecular complexity index is 101. The van der Waals surface area contributed by atoms with E-state index in [1.54, 1.807) is 0 Å². The predicted octanol–water partition coefficient (Wildman–Crippen LogP) is 2.19. The van der Waals surface area contributed by atoms with Crippen LogP contribution in [0.25, 0.3) is 0 Å². The van der Waals surface area contributed by atoms with Gasteiger partial charge in [-0.25, -0.2) is 0 Å². The first kappa shape index (κ1) is 6.09. The molecule has 0 aromatic carbocycles. The molecule has 0 amide bonds. The highest BCUT2D eigenvalue weighted by molar-refractivity contribution is 6.22. The van der Waals surface area contributed by atoms with E-state index in [9.17, 15) is 0 Å². The average Bonchev–Trinajstić information content (AvgIpc) is 1.64. The van der Waals surface area contributed by atoms with Crippen LogP contribution in [0, 0.1) is 5.41 Å². The second kappa shape index (κ2) is 2.49. The summed E-state index contributed by atoms with van der Waals surface area (Å²) in [4.78, 5) is 0. The van der Waals surface area contributed by atoms with Crippen molar-refractivity contribution in [3.05, 3.63) is 0 Å². The van der Waals surface area contributed by atoms with Crippen LogP contribution in [0.1, 0.15) is 25.7 Å². The molecule has 1 rings (SSSR count). The van der Waals surface area contributed by atoms with Gasteiger partial charge >= 0.3 is 0 Å². The SMILES string of the molecule is N=C1CCCC(Cl)C1. The lowest BCUT2D eigenvalue weighted by atomic mass is 9.98. The summed E-state index contributed by atoms with van der Waals surface area (Å²) in [5.74, 6) is 0. The highest BCUT2D eigenvalue weighted by Crippen LogP contribution is 2.19. The first-order valence-electron chi connectivity index (χ1n) is 2.99. The van der Waals surface area contributed by atoms with Crippen molar-refractivity contribution in [3.63, 3.8) is 0 Å². The maximum atomic E-state index is 7.23. The van der Waals surface area contributed by atoms with Crippen LogP contribution >= 0.6 is 11.6 Å². The smallest absolute Gasteiger partial charge is 0.0388 e. The summed E-state index contributed by atoms with van der Waals surface area (Å²) >= 11 is 5.77. The maximum Gasteiger partial charge on any atom is 0.0388 e. The van der Waals surface area contributed by atoms with Gasteiger partial charge in [-0.3, -0.25) is 0 Å². The van der Waals surface area contributed by atoms with Crippen LogP contribution in [0.5, 0.6) is 0 Å². The molecule has 1 aliphatic rings. The van der Waals surface area contributed by atoms with Crippen LogP contribution in [0.3, 0.4) is 0 Å². The Morgan fingerprint density at radius 3 is 2.75 bits per heavy atom. The van der Waals surface area contributed by atoms with E-state index in [2.05, 4.69) is 0 Å². The number of hydrogen-bond donors (Lipinski definition) is 1. The topological polar surface area (TPSA) is 23.9 Å². The van der Waals surface area contributed by atoms with E-state index in [0.29, 0.717) is 0 Å². The lowest BCUT2D eigenvalue weighted by Gasteiger charge is -2.15. The first-order chi connectivity index (χ1) is 3.79. The van der Waals surface area contributed by atoms with Crippen molar-refractivity contribution in [2.24, 2.45) is 0 Å². The van der Waals surface area contributed by atoms with Gasteiger partial charge in [0.25, 0.3) is 0 Å². The van der Waals surface area contributed by atoms with Gasteiger partial charge in [0.05, 0.1) is 0 Å². The van der Waals surface area contributed by atoms with Gasteiger partial charge in [-0.05, 0) is 19.3 Å². The molecule has 0 heterocycles. The molecule has 1 nitrogen and oxygen atoms in total. The van der Waals surface area contributed by atoms with Crippen LogP contribution in [0.4, 0.5) is 0 Å². The zero-order chi connectivity index (χ0) is 5.98. The summed E-state index contributed by atoms with van der Waals surface area (Å²) in [6.45, 7) is 0. The molecule has 0 saturated heterocycles. The zero-order valence-electron chi connectivity index (χ0n) is 4.78. The molecule has 1 saturated carbocycles. The van der Waals surface area contributed by atoms with Crippen molar-refractivity contribution in [2.45, 2.75) is 31.1 Å². The largest absolute Gasteiger partial charge is 0.310 e. The fraction of sp³-hybridized carbons (Fsp3) is 0.833. The molecule has 0 aromatic rings. The normalized spacial score (nSPS) is 30.6. The molecule has 2 heteroatoms. The molecule has 0 aromatic heterocycles. The van der Waals surface area contributed by atoms with E-state index in [-0.39, 0.29) is 5.38 Å². The van der Waals surface area contributed by atoms with E-state index < -0.39 is 0 Å². The summed E-state index contributed by atoms with van der Waals surface area (Å²) in [6.07, 6.45) is 4.02. The quantitative estimate of drug-likeness (QED) is 0.488. The molecule has 1 unspecified atom stereocenters. The zero-order valence-corrected chi connectivity index (χ0v) is 5.54. The van der Waals surface area contributed by atoms with Gasteiger partial charge < -0.3 is 5.41 Å². The second-order valence-electron chi connectivity index (χ2n) is 2.30. The number of alkyl halides is 1. The minimum atomic E-state index is 0.260. The van der Waals surface area contributed by atoms with Crippen molar-refractivity contribution in [1.29, 1.82) is 5.41 Å². The molecular weight excluding hydrogens is 122 g/mol. The third kappa shape index (κ3) is 1.48. The Morgan fingerprint density at radius 2 is 2.38 bits per heavy atom. The summed E-state index contributed by atoms with van der Waals surface area (Å²) in [6, 6.07) is 0. The third-order valence-electron chi connectivity index (χ3n) is 1.46. The van der Waals surface area contributed by atoms with Gasteiger partial charge in [0.15, 0.2) is 0 Å². The van der Waals surface area contributed by atoms with Crippen LogP contribution in [-0.4, -0.2) is 11.1 Å². The van der Waals surface area contributed by atoms with E-state index in [1.165, 1.54) is 0 Å². The van der Waals surface area contributed by atoms with Crippen LogP contribution in [-0.2, 0) is 0 Å². The Balaban J connectivity index is 2.34. The second-order valence-corrected chi connectivity index (χ2v) is 2.91. The highest BCUT2D eigenvalue weighted by Gasteiger charge is 2.13. The molecule has 1 N–H and O–H groups in total. The number of nitrogens with one attached hydrogen (secondary N) is 1. The minimum Gasteiger partial charge on any atom is -0.310 e. The van der Waals surface area contributed by atoms with Gasteiger partial charge in [-0.15, -0.1) is 11.6 Å². The first-order valence-corrected chi connectivity index (χ1v) is 3.43. The van der Waals surface area contributed by atoms with Gasteiger partial charge in [0.2, 0.25) is 0 Å². The summed E-state index contributed by atoms with van der Waals surface area (Å²) < 4.78 is 0. The molecular formula is C6H10ClN. The maximum absolute atomic E-state index is 7.23. The van der Waals surface area contributed by atoms with Gasteiger partial charge in [-0.1, -0.05) is 0 Å². The summed E-state index contributed by atoms with van der Waals surface area (Å²) in [7, 11) is 0. The molecule has 0 bridgehead atoms. The summed E-state index contributed by atoms with van der Waals surface area (Å²) in [5, 5.41) is 7.49. The molecule has 0 aliphatic heterocycles. The third-order valence-corrected chi connectivity index (χ3v) is 1.84. The summed E-state index contributed by atoms with van der Waals surface area (Å²) in [5.41, 5.74) is 0.830. The van der Waals surface area contributed by atoms with Crippen molar-refractivity contribution in [3.8, 4) is 0 Å². The number of rotatable bonds is 0. The van der Waals surface area contributed by atoms with Crippen molar-refractivity contribution in [1.82, 2.24) is 0 Å². The van der Waals surface area contributed by atoms with E-state index in [1.807, 2.05) is 0 Å². The van der Waals surface area contributed by atoms with Gasteiger partial charge in [-0.2, -0.15) is 0 Å². The molecule has 8 heavy (non-hydrogen) atoms. The molecule has 1 atom stereocenters. The predicted molar refractivity (Wildman–Crippen MR) is 35.8 cm³/mol. The Morgan fingerprint density at radius 1 is 1.62 bits per heavy atom. The fourth-order valence-corrected chi connectivity index (χ4v) is 1.35. The Kier molecular flexibility index (Phi) is 1.90.